The number of nitrogens with one attached hydrogen (secondary N) is 1. The number of ether oxygens (including phenoxy) is 1. The lowest BCUT2D eigenvalue weighted by molar-refractivity contribution is 0.469. The summed E-state index contributed by atoms with van der Waals surface area (Å²) in [6.07, 6.45) is 4.58. The van der Waals surface area contributed by atoms with E-state index in [-0.39, 0.29) is 11.6 Å². The van der Waals surface area contributed by atoms with E-state index in [2.05, 4.69) is 41.2 Å². The van der Waals surface area contributed by atoms with E-state index in [9.17, 15) is 0 Å². The van der Waals surface area contributed by atoms with Gasteiger partial charge in [-0.05, 0) is 30.3 Å². The molecular formula is C18H12BrClN6O. The van der Waals surface area contributed by atoms with E-state index in [1.54, 1.807) is 24.4 Å². The second-order valence-electron chi connectivity index (χ2n) is 5.47. The molecule has 1 aromatic carbocycles. The number of pyridine rings is 2. The molecule has 0 aliphatic carbocycles. The van der Waals surface area contributed by atoms with Crippen LogP contribution in [0.5, 0.6) is 11.6 Å². The molecular weight excluding hydrogens is 432 g/mol. The summed E-state index contributed by atoms with van der Waals surface area (Å²) < 4.78 is 6.86. The van der Waals surface area contributed by atoms with Gasteiger partial charge in [0.2, 0.25) is 5.88 Å². The Labute approximate surface area is 167 Å². The number of hydrogen-bond donors (Lipinski definition) is 2. The molecule has 4 aromatic rings. The van der Waals surface area contributed by atoms with E-state index in [0.717, 1.165) is 9.86 Å². The lowest BCUT2D eigenvalue weighted by Crippen LogP contribution is -2.04. The molecule has 0 aliphatic heterocycles. The first-order valence-electron chi connectivity index (χ1n) is 7.82. The average Bonchev–Trinajstić information content (AvgIpc) is 2.69. The lowest BCUT2D eigenvalue weighted by atomic mass is 10.2. The zero-order valence-corrected chi connectivity index (χ0v) is 16.1. The third-order valence-corrected chi connectivity index (χ3v) is 4.62. The standard InChI is InChI=1S/C18H12BrClN6O/c19-12-4-5-13(16-11(12)2-1-7-22-16)27-18-15(21)17(24-9-25-18)26-14-6-3-10(20)8-23-14/h1-9H,21H2,(H,23,24,25,26). The van der Waals surface area contributed by atoms with E-state index in [0.29, 0.717) is 27.9 Å². The van der Waals surface area contributed by atoms with Crippen molar-refractivity contribution in [3.63, 3.8) is 0 Å². The fourth-order valence-electron chi connectivity index (χ4n) is 2.43. The van der Waals surface area contributed by atoms with E-state index >= 15 is 0 Å². The van der Waals surface area contributed by atoms with Gasteiger partial charge in [-0.3, -0.25) is 4.98 Å². The van der Waals surface area contributed by atoms with E-state index < -0.39 is 0 Å². The fraction of sp³-hybridized carbons (Fsp3) is 0. The summed E-state index contributed by atoms with van der Waals surface area (Å²) >= 11 is 9.36. The molecule has 134 valence electrons. The Morgan fingerprint density at radius 2 is 1.93 bits per heavy atom. The Balaban J connectivity index is 1.68. The topological polar surface area (TPSA) is 98.8 Å². The second-order valence-corrected chi connectivity index (χ2v) is 6.77. The average molecular weight is 444 g/mol. The Kier molecular flexibility index (Phi) is 4.74. The molecule has 9 heteroatoms. The van der Waals surface area contributed by atoms with Crippen LogP contribution in [0.3, 0.4) is 0 Å². The molecule has 0 aliphatic rings. The third-order valence-electron chi connectivity index (χ3n) is 3.71. The number of rotatable bonds is 4. The molecule has 0 fully saturated rings. The van der Waals surface area contributed by atoms with E-state index in [4.69, 9.17) is 22.1 Å². The number of nitrogen functional groups attached to an aromatic ring is 1. The molecule has 0 amide bonds. The van der Waals surface area contributed by atoms with Crippen molar-refractivity contribution in [3.8, 4) is 11.6 Å². The van der Waals surface area contributed by atoms with Gasteiger partial charge < -0.3 is 15.8 Å². The van der Waals surface area contributed by atoms with Crippen molar-refractivity contribution in [1.82, 2.24) is 19.9 Å². The van der Waals surface area contributed by atoms with Gasteiger partial charge >= 0.3 is 0 Å². The molecule has 3 aromatic heterocycles. The van der Waals surface area contributed by atoms with Crippen molar-refractivity contribution in [2.45, 2.75) is 0 Å². The van der Waals surface area contributed by atoms with Crippen LogP contribution in [0.2, 0.25) is 5.02 Å². The number of benzene rings is 1. The van der Waals surface area contributed by atoms with Crippen LogP contribution in [0.15, 0.2) is 59.6 Å². The van der Waals surface area contributed by atoms with Crippen molar-refractivity contribution in [2.75, 3.05) is 11.1 Å². The van der Waals surface area contributed by atoms with Crippen molar-refractivity contribution >= 4 is 55.8 Å². The van der Waals surface area contributed by atoms with Crippen LogP contribution >= 0.6 is 27.5 Å². The van der Waals surface area contributed by atoms with Gasteiger partial charge in [-0.15, -0.1) is 0 Å². The van der Waals surface area contributed by atoms with Gasteiger partial charge in [0.25, 0.3) is 0 Å². The van der Waals surface area contributed by atoms with Crippen molar-refractivity contribution in [2.24, 2.45) is 0 Å². The molecule has 3 heterocycles. The van der Waals surface area contributed by atoms with Gasteiger partial charge in [0.1, 0.15) is 23.3 Å². The van der Waals surface area contributed by atoms with Gasteiger partial charge in [-0.1, -0.05) is 33.6 Å². The van der Waals surface area contributed by atoms with Crippen molar-refractivity contribution in [3.05, 3.63) is 64.6 Å². The number of anilines is 3. The molecule has 3 N–H and O–H groups in total. The van der Waals surface area contributed by atoms with Gasteiger partial charge in [-0.2, -0.15) is 4.98 Å². The summed E-state index contributed by atoms with van der Waals surface area (Å²) in [6.45, 7) is 0. The summed E-state index contributed by atoms with van der Waals surface area (Å²) in [4.78, 5) is 16.8. The van der Waals surface area contributed by atoms with E-state index in [1.165, 1.54) is 12.5 Å². The highest BCUT2D eigenvalue weighted by molar-refractivity contribution is 9.10. The van der Waals surface area contributed by atoms with Crippen LogP contribution in [-0.2, 0) is 0 Å². The summed E-state index contributed by atoms with van der Waals surface area (Å²) in [5.74, 6) is 1.68. The third kappa shape index (κ3) is 3.62. The molecule has 0 atom stereocenters. The quantitative estimate of drug-likeness (QED) is 0.460. The fourth-order valence-corrected chi connectivity index (χ4v) is 2.99. The first kappa shape index (κ1) is 17.4. The van der Waals surface area contributed by atoms with Crippen LogP contribution in [0, 0.1) is 0 Å². The number of aromatic nitrogens is 4. The first-order chi connectivity index (χ1) is 13.1. The van der Waals surface area contributed by atoms with Gasteiger partial charge in [-0.25, -0.2) is 9.97 Å². The number of hydrogen-bond acceptors (Lipinski definition) is 7. The minimum Gasteiger partial charge on any atom is -0.435 e. The predicted molar refractivity (Wildman–Crippen MR) is 108 cm³/mol. The molecule has 0 saturated carbocycles. The Bertz CT molecular complexity index is 1120. The molecule has 4 rings (SSSR count). The molecule has 7 nitrogen and oxygen atoms in total. The Morgan fingerprint density at radius 3 is 2.74 bits per heavy atom. The molecule has 0 spiro atoms. The smallest absolute Gasteiger partial charge is 0.248 e. The predicted octanol–water partition coefficient (Wildman–Crippen LogP) is 4.95. The van der Waals surface area contributed by atoms with Crippen LogP contribution in [0.1, 0.15) is 0 Å². The molecule has 0 saturated heterocycles. The highest BCUT2D eigenvalue weighted by Gasteiger charge is 2.14. The van der Waals surface area contributed by atoms with Crippen LogP contribution in [-0.4, -0.2) is 19.9 Å². The SMILES string of the molecule is Nc1c(Nc2ccc(Cl)cn2)ncnc1Oc1ccc(Br)c2cccnc12. The maximum absolute atomic E-state index is 6.19. The monoisotopic (exact) mass is 442 g/mol. The molecule has 0 bridgehead atoms. The summed E-state index contributed by atoms with van der Waals surface area (Å²) in [5, 5.41) is 4.48. The van der Waals surface area contributed by atoms with Crippen LogP contribution < -0.4 is 15.8 Å². The van der Waals surface area contributed by atoms with Gasteiger partial charge in [0, 0.05) is 22.3 Å². The molecule has 27 heavy (non-hydrogen) atoms. The summed E-state index contributed by atoms with van der Waals surface area (Å²) in [7, 11) is 0. The molecule has 0 unspecified atom stereocenters. The molecule has 0 radical (unpaired) electrons. The Hall–Kier alpha value is -2.97. The minimum atomic E-state index is 0.218. The van der Waals surface area contributed by atoms with Gasteiger partial charge in [0.05, 0.1) is 5.02 Å². The van der Waals surface area contributed by atoms with Crippen molar-refractivity contribution < 1.29 is 4.74 Å². The minimum absolute atomic E-state index is 0.218. The number of nitrogens with two attached hydrogens (primary N) is 1. The van der Waals surface area contributed by atoms with Crippen molar-refractivity contribution in [1.29, 1.82) is 0 Å². The summed E-state index contributed by atoms with van der Waals surface area (Å²) in [5.41, 5.74) is 7.13. The van der Waals surface area contributed by atoms with Gasteiger partial charge in [0.15, 0.2) is 11.6 Å². The van der Waals surface area contributed by atoms with Crippen LogP contribution in [0.25, 0.3) is 10.9 Å². The Morgan fingerprint density at radius 1 is 1.04 bits per heavy atom. The zero-order chi connectivity index (χ0) is 18.8. The zero-order valence-electron chi connectivity index (χ0n) is 13.7. The second kappa shape index (κ2) is 7.34. The first-order valence-corrected chi connectivity index (χ1v) is 8.99. The van der Waals surface area contributed by atoms with E-state index in [1.807, 2.05) is 18.2 Å². The highest BCUT2D eigenvalue weighted by Crippen LogP contribution is 2.35. The maximum Gasteiger partial charge on any atom is 0.248 e. The number of fused-ring (bicyclic) bond motifs is 1. The normalized spacial score (nSPS) is 10.7. The lowest BCUT2D eigenvalue weighted by Gasteiger charge is -2.12. The highest BCUT2D eigenvalue weighted by atomic mass is 79.9. The number of halogens is 2. The summed E-state index contributed by atoms with van der Waals surface area (Å²) in [6, 6.07) is 10.9. The number of nitrogens with zero attached hydrogens (tertiary/aromatic N) is 4. The van der Waals surface area contributed by atoms with Crippen LogP contribution in [0.4, 0.5) is 17.3 Å². The maximum atomic E-state index is 6.19. The largest absolute Gasteiger partial charge is 0.435 e.